The van der Waals surface area contributed by atoms with Crippen molar-refractivity contribution in [3.8, 4) is 0 Å². The Morgan fingerprint density at radius 1 is 1.40 bits per heavy atom. The largest absolute Gasteiger partial charge is 0.381 e. The molecule has 1 aromatic carbocycles. The monoisotopic (exact) mass is 323 g/mol. The summed E-state index contributed by atoms with van der Waals surface area (Å²) in [6.45, 7) is 5.46. The summed E-state index contributed by atoms with van der Waals surface area (Å²) in [4.78, 5) is -0.122. The Morgan fingerprint density at radius 3 is 2.70 bits per heavy atom. The lowest BCUT2D eigenvalue weighted by molar-refractivity contribution is 0.108. The van der Waals surface area contributed by atoms with E-state index in [0.29, 0.717) is 25.6 Å². The van der Waals surface area contributed by atoms with E-state index in [9.17, 15) is 12.8 Å². The maximum atomic E-state index is 12.9. The van der Waals surface area contributed by atoms with Crippen molar-refractivity contribution < 1.29 is 17.5 Å². The van der Waals surface area contributed by atoms with Crippen LogP contribution in [-0.4, -0.2) is 28.2 Å². The van der Waals surface area contributed by atoms with Crippen molar-refractivity contribution in [3.63, 3.8) is 0 Å². The molecule has 0 bridgehead atoms. The Bertz CT molecular complexity index is 534. The van der Waals surface area contributed by atoms with Crippen LogP contribution in [0.4, 0.5) is 4.39 Å². The molecule has 0 saturated carbocycles. The van der Waals surface area contributed by atoms with Crippen LogP contribution in [0.1, 0.15) is 20.3 Å². The minimum atomic E-state index is -3.72. The van der Waals surface area contributed by atoms with Crippen LogP contribution in [0.15, 0.2) is 23.1 Å². The first kappa shape index (κ1) is 17.4. The molecule has 0 amide bonds. The van der Waals surface area contributed by atoms with Gasteiger partial charge in [0, 0.05) is 19.8 Å². The zero-order valence-electron chi connectivity index (χ0n) is 11.5. The van der Waals surface area contributed by atoms with Gasteiger partial charge in [-0.2, -0.15) is 0 Å². The van der Waals surface area contributed by atoms with E-state index in [1.54, 1.807) is 0 Å². The molecule has 20 heavy (non-hydrogen) atoms. The molecule has 4 nitrogen and oxygen atoms in total. The third-order valence-corrected chi connectivity index (χ3v) is 4.34. The highest BCUT2D eigenvalue weighted by Crippen LogP contribution is 2.21. The summed E-state index contributed by atoms with van der Waals surface area (Å²) in [5.41, 5.74) is 0. The van der Waals surface area contributed by atoms with Crippen LogP contribution < -0.4 is 4.72 Å². The Morgan fingerprint density at radius 2 is 2.10 bits per heavy atom. The second kappa shape index (κ2) is 7.93. The van der Waals surface area contributed by atoms with E-state index in [-0.39, 0.29) is 16.5 Å². The minimum absolute atomic E-state index is 0.122. The summed E-state index contributed by atoms with van der Waals surface area (Å²) in [6, 6.07) is 3.18. The molecule has 0 fully saturated rings. The highest BCUT2D eigenvalue weighted by molar-refractivity contribution is 7.89. The fourth-order valence-corrected chi connectivity index (χ4v) is 3.07. The summed E-state index contributed by atoms with van der Waals surface area (Å²) in [7, 11) is -3.72. The zero-order chi connectivity index (χ0) is 15.2. The van der Waals surface area contributed by atoms with Gasteiger partial charge >= 0.3 is 0 Å². The van der Waals surface area contributed by atoms with Gasteiger partial charge in [0.2, 0.25) is 10.0 Å². The van der Waals surface area contributed by atoms with Crippen LogP contribution in [0.25, 0.3) is 0 Å². The highest BCUT2D eigenvalue weighted by Gasteiger charge is 2.17. The van der Waals surface area contributed by atoms with E-state index in [0.717, 1.165) is 18.2 Å². The lowest BCUT2D eigenvalue weighted by Crippen LogP contribution is -2.26. The predicted octanol–water partition coefficient (Wildman–Crippen LogP) is 2.82. The van der Waals surface area contributed by atoms with Crippen LogP contribution in [0.2, 0.25) is 5.02 Å². The minimum Gasteiger partial charge on any atom is -0.381 e. The molecule has 0 heterocycles. The van der Waals surface area contributed by atoms with E-state index in [2.05, 4.69) is 4.72 Å². The molecule has 0 spiro atoms. The zero-order valence-corrected chi connectivity index (χ0v) is 13.1. The first-order valence-corrected chi connectivity index (χ1v) is 8.21. The van der Waals surface area contributed by atoms with Crippen LogP contribution in [-0.2, 0) is 14.8 Å². The topological polar surface area (TPSA) is 55.4 Å². The predicted molar refractivity (Wildman–Crippen MR) is 76.9 cm³/mol. The Kier molecular flexibility index (Phi) is 6.88. The number of nitrogens with one attached hydrogen (secondary N) is 1. The average molecular weight is 324 g/mol. The molecular formula is C13H19ClFNO3S. The average Bonchev–Trinajstić information content (AvgIpc) is 2.32. The van der Waals surface area contributed by atoms with E-state index in [1.165, 1.54) is 0 Å². The van der Waals surface area contributed by atoms with Gasteiger partial charge in [-0.1, -0.05) is 25.4 Å². The second-order valence-corrected chi connectivity index (χ2v) is 6.94. The van der Waals surface area contributed by atoms with Gasteiger partial charge in [0.15, 0.2) is 0 Å². The number of sulfonamides is 1. The Hall–Kier alpha value is -0.690. The number of rotatable bonds is 8. The summed E-state index contributed by atoms with van der Waals surface area (Å²) >= 11 is 5.73. The number of ether oxygens (including phenoxy) is 1. The molecule has 0 radical (unpaired) electrons. The lowest BCUT2D eigenvalue weighted by Gasteiger charge is -2.09. The third kappa shape index (κ3) is 5.75. The SMILES string of the molecule is CC(C)COCCCNS(=O)(=O)c1ccc(F)cc1Cl. The van der Waals surface area contributed by atoms with Crippen molar-refractivity contribution in [2.24, 2.45) is 5.92 Å². The van der Waals surface area contributed by atoms with Crippen LogP contribution >= 0.6 is 11.6 Å². The molecular weight excluding hydrogens is 305 g/mol. The number of hydrogen-bond donors (Lipinski definition) is 1. The maximum Gasteiger partial charge on any atom is 0.242 e. The molecule has 0 saturated heterocycles. The van der Waals surface area contributed by atoms with Crippen LogP contribution in [0.5, 0.6) is 0 Å². The van der Waals surface area contributed by atoms with Gasteiger partial charge in [0.05, 0.1) is 5.02 Å². The third-order valence-electron chi connectivity index (χ3n) is 2.39. The van der Waals surface area contributed by atoms with E-state index < -0.39 is 15.8 Å². The molecule has 0 unspecified atom stereocenters. The van der Waals surface area contributed by atoms with Crippen molar-refractivity contribution in [2.45, 2.75) is 25.2 Å². The fourth-order valence-electron chi connectivity index (χ4n) is 1.47. The molecule has 0 aliphatic carbocycles. The Labute approximate surface area is 124 Å². The molecule has 7 heteroatoms. The smallest absolute Gasteiger partial charge is 0.242 e. The summed E-state index contributed by atoms with van der Waals surface area (Å²) < 4.78 is 44.5. The van der Waals surface area contributed by atoms with Gasteiger partial charge in [-0.3, -0.25) is 0 Å². The van der Waals surface area contributed by atoms with Gasteiger partial charge in [-0.25, -0.2) is 17.5 Å². The maximum absolute atomic E-state index is 12.9. The van der Waals surface area contributed by atoms with Gasteiger partial charge in [-0.15, -0.1) is 0 Å². The Balaban J connectivity index is 2.46. The van der Waals surface area contributed by atoms with Gasteiger partial charge in [-0.05, 0) is 30.5 Å². The molecule has 0 aromatic heterocycles. The quantitative estimate of drug-likeness (QED) is 0.748. The number of hydrogen-bond acceptors (Lipinski definition) is 3. The van der Waals surface area contributed by atoms with Crippen molar-refractivity contribution >= 4 is 21.6 Å². The van der Waals surface area contributed by atoms with Gasteiger partial charge < -0.3 is 4.74 Å². The van der Waals surface area contributed by atoms with E-state index >= 15 is 0 Å². The summed E-state index contributed by atoms with van der Waals surface area (Å²) in [5.74, 6) is -0.124. The van der Waals surface area contributed by atoms with Crippen molar-refractivity contribution in [2.75, 3.05) is 19.8 Å². The fraction of sp³-hybridized carbons (Fsp3) is 0.538. The summed E-state index contributed by atoms with van der Waals surface area (Å²) in [5, 5.41) is -0.131. The first-order chi connectivity index (χ1) is 9.33. The number of halogens is 2. The molecule has 1 aromatic rings. The normalized spacial score (nSPS) is 12.1. The van der Waals surface area contributed by atoms with Crippen molar-refractivity contribution in [3.05, 3.63) is 29.0 Å². The van der Waals surface area contributed by atoms with Crippen molar-refractivity contribution in [1.29, 1.82) is 0 Å². The van der Waals surface area contributed by atoms with E-state index in [4.69, 9.17) is 16.3 Å². The van der Waals surface area contributed by atoms with Crippen LogP contribution in [0, 0.1) is 11.7 Å². The lowest BCUT2D eigenvalue weighted by atomic mass is 10.2. The van der Waals surface area contributed by atoms with Crippen LogP contribution in [0.3, 0.4) is 0 Å². The molecule has 0 aliphatic heterocycles. The van der Waals surface area contributed by atoms with Gasteiger partial charge in [0.25, 0.3) is 0 Å². The van der Waals surface area contributed by atoms with Crippen molar-refractivity contribution in [1.82, 2.24) is 4.72 Å². The standard InChI is InChI=1S/C13H19ClFNO3S/c1-10(2)9-19-7-3-6-16-20(17,18)13-5-4-11(15)8-12(13)14/h4-5,8,10,16H,3,6-7,9H2,1-2H3. The van der Waals surface area contributed by atoms with Gasteiger partial charge in [0.1, 0.15) is 10.7 Å². The molecule has 1 rings (SSSR count). The van der Waals surface area contributed by atoms with E-state index in [1.807, 2.05) is 13.8 Å². The second-order valence-electron chi connectivity index (χ2n) is 4.79. The molecule has 0 aliphatic rings. The summed E-state index contributed by atoms with van der Waals surface area (Å²) in [6.07, 6.45) is 0.560. The molecule has 0 atom stereocenters. The highest BCUT2D eigenvalue weighted by atomic mass is 35.5. The first-order valence-electron chi connectivity index (χ1n) is 6.35. The molecule has 114 valence electrons. The molecule has 1 N–H and O–H groups in total. The number of benzene rings is 1.